The summed E-state index contributed by atoms with van der Waals surface area (Å²) in [5, 5.41) is 3.71. The number of amides is 1. The van der Waals surface area contributed by atoms with Crippen molar-refractivity contribution in [2.24, 2.45) is 0 Å². The van der Waals surface area contributed by atoms with Crippen LogP contribution in [0.2, 0.25) is 10.0 Å². The van der Waals surface area contributed by atoms with Crippen LogP contribution in [0, 0.1) is 0 Å². The van der Waals surface area contributed by atoms with Crippen LogP contribution in [0.15, 0.2) is 46.9 Å². The fraction of sp³-hybridized carbons (Fsp3) is 0.188. The number of hydrogen-bond donors (Lipinski definition) is 1. The van der Waals surface area contributed by atoms with Gasteiger partial charge in [-0.15, -0.1) is 0 Å². The first kappa shape index (κ1) is 17.1. The number of carbonyl (C=O) groups excluding carboxylic acids is 1. The molecule has 0 aliphatic carbocycles. The zero-order valence-electron chi connectivity index (χ0n) is 11.8. The molecule has 1 unspecified atom stereocenters. The Morgan fingerprint density at radius 2 is 1.95 bits per heavy atom. The maximum absolute atomic E-state index is 12.0. The van der Waals surface area contributed by atoms with Crippen molar-refractivity contribution in [2.45, 2.75) is 13.0 Å². The molecule has 0 spiro atoms. The lowest BCUT2D eigenvalue weighted by Gasteiger charge is -2.15. The molecule has 0 saturated heterocycles. The van der Waals surface area contributed by atoms with Crippen molar-refractivity contribution in [3.63, 3.8) is 0 Å². The van der Waals surface area contributed by atoms with E-state index in [1.807, 2.05) is 37.3 Å². The second-order valence-electron chi connectivity index (χ2n) is 4.69. The highest BCUT2D eigenvalue weighted by molar-refractivity contribution is 9.10. The fourth-order valence-electron chi connectivity index (χ4n) is 1.91. The first-order valence-corrected chi connectivity index (χ1v) is 8.14. The number of halogens is 3. The van der Waals surface area contributed by atoms with Crippen LogP contribution in [0.1, 0.15) is 18.5 Å². The molecule has 0 radical (unpaired) electrons. The van der Waals surface area contributed by atoms with E-state index in [-0.39, 0.29) is 18.6 Å². The molecule has 0 aromatic heterocycles. The minimum atomic E-state index is -0.228. The van der Waals surface area contributed by atoms with E-state index in [1.165, 1.54) is 0 Å². The van der Waals surface area contributed by atoms with Gasteiger partial charge in [-0.05, 0) is 40.5 Å². The van der Waals surface area contributed by atoms with Crippen LogP contribution in [0.4, 0.5) is 0 Å². The van der Waals surface area contributed by atoms with Crippen molar-refractivity contribution in [1.29, 1.82) is 0 Å². The fourth-order valence-corrected chi connectivity index (χ4v) is 3.28. The minimum absolute atomic E-state index is 0.0959. The predicted octanol–water partition coefficient (Wildman–Crippen LogP) is 5.01. The SMILES string of the molecule is CC(NC(=O)COc1c(Cl)cc(Cl)cc1Br)c1ccccc1. The van der Waals surface area contributed by atoms with Crippen LogP contribution >= 0.6 is 39.1 Å². The first-order valence-electron chi connectivity index (χ1n) is 6.59. The average Bonchev–Trinajstić information content (AvgIpc) is 2.47. The van der Waals surface area contributed by atoms with Crippen molar-refractivity contribution >= 4 is 45.0 Å². The molecule has 0 aliphatic heterocycles. The molecule has 116 valence electrons. The van der Waals surface area contributed by atoms with Gasteiger partial charge in [-0.2, -0.15) is 0 Å². The van der Waals surface area contributed by atoms with Crippen molar-refractivity contribution in [2.75, 3.05) is 6.61 Å². The van der Waals surface area contributed by atoms with Crippen LogP contribution < -0.4 is 10.1 Å². The Morgan fingerprint density at radius 1 is 1.27 bits per heavy atom. The zero-order valence-corrected chi connectivity index (χ0v) is 14.9. The number of ether oxygens (including phenoxy) is 1. The van der Waals surface area contributed by atoms with Gasteiger partial charge in [-0.1, -0.05) is 53.5 Å². The number of rotatable bonds is 5. The molecular formula is C16H14BrCl2NO2. The number of hydrogen-bond acceptors (Lipinski definition) is 2. The summed E-state index contributed by atoms with van der Waals surface area (Å²) in [4.78, 5) is 12.0. The van der Waals surface area contributed by atoms with E-state index >= 15 is 0 Å². The second-order valence-corrected chi connectivity index (χ2v) is 6.39. The molecule has 22 heavy (non-hydrogen) atoms. The summed E-state index contributed by atoms with van der Waals surface area (Å²) in [5.41, 5.74) is 1.03. The van der Waals surface area contributed by atoms with Gasteiger partial charge >= 0.3 is 0 Å². The van der Waals surface area contributed by atoms with E-state index in [2.05, 4.69) is 21.2 Å². The molecule has 0 fully saturated rings. The lowest BCUT2D eigenvalue weighted by atomic mass is 10.1. The van der Waals surface area contributed by atoms with Crippen LogP contribution in [0.5, 0.6) is 5.75 Å². The Bertz CT molecular complexity index is 641. The maximum atomic E-state index is 12.0. The standard InChI is InChI=1S/C16H14BrCl2NO2/c1-10(11-5-3-2-4-6-11)20-15(21)9-22-16-13(17)7-12(18)8-14(16)19/h2-8,10H,9H2,1H3,(H,20,21). The molecule has 1 amide bonds. The molecule has 0 saturated carbocycles. The normalized spacial score (nSPS) is 11.8. The largest absolute Gasteiger partial charge is 0.481 e. The summed E-state index contributed by atoms with van der Waals surface area (Å²) < 4.78 is 6.08. The van der Waals surface area contributed by atoms with Gasteiger partial charge in [0.1, 0.15) is 0 Å². The molecule has 0 aliphatic rings. The van der Waals surface area contributed by atoms with Crippen LogP contribution in [0.25, 0.3) is 0 Å². The maximum Gasteiger partial charge on any atom is 0.258 e. The molecule has 2 aromatic rings. The Hall–Kier alpha value is -1.23. The van der Waals surface area contributed by atoms with Crippen molar-refractivity contribution < 1.29 is 9.53 Å². The second kappa shape index (κ2) is 7.86. The summed E-state index contributed by atoms with van der Waals surface area (Å²) in [6.07, 6.45) is 0. The quantitative estimate of drug-likeness (QED) is 0.762. The van der Waals surface area contributed by atoms with Crippen LogP contribution in [-0.2, 0) is 4.79 Å². The molecule has 2 aromatic carbocycles. The summed E-state index contributed by atoms with van der Waals surface area (Å²) in [5.74, 6) is 0.169. The molecular weight excluding hydrogens is 389 g/mol. The Morgan fingerprint density at radius 3 is 2.59 bits per heavy atom. The van der Waals surface area contributed by atoms with Gasteiger partial charge in [-0.3, -0.25) is 4.79 Å². The molecule has 0 bridgehead atoms. The van der Waals surface area contributed by atoms with Crippen molar-refractivity contribution in [3.8, 4) is 5.75 Å². The highest BCUT2D eigenvalue weighted by Gasteiger charge is 2.13. The van der Waals surface area contributed by atoms with Crippen molar-refractivity contribution in [1.82, 2.24) is 5.32 Å². The summed E-state index contributed by atoms with van der Waals surface area (Å²) in [6.45, 7) is 1.79. The Kier molecular flexibility index (Phi) is 6.12. The van der Waals surface area contributed by atoms with Gasteiger partial charge in [-0.25, -0.2) is 0 Å². The number of benzene rings is 2. The van der Waals surface area contributed by atoms with Gasteiger partial charge in [0.25, 0.3) is 5.91 Å². The molecule has 3 nitrogen and oxygen atoms in total. The predicted molar refractivity (Wildman–Crippen MR) is 92.7 cm³/mol. The molecule has 0 heterocycles. The third kappa shape index (κ3) is 4.63. The molecule has 1 N–H and O–H groups in total. The van der Waals surface area contributed by atoms with Gasteiger partial charge < -0.3 is 10.1 Å². The lowest BCUT2D eigenvalue weighted by molar-refractivity contribution is -0.123. The summed E-state index contributed by atoms with van der Waals surface area (Å²) in [7, 11) is 0. The lowest BCUT2D eigenvalue weighted by Crippen LogP contribution is -2.31. The third-order valence-electron chi connectivity index (χ3n) is 2.99. The summed E-state index contributed by atoms with van der Waals surface area (Å²) in [6, 6.07) is 12.8. The van der Waals surface area contributed by atoms with E-state index in [9.17, 15) is 4.79 Å². The molecule has 6 heteroatoms. The van der Waals surface area contributed by atoms with E-state index in [0.717, 1.165) is 5.56 Å². The van der Waals surface area contributed by atoms with Crippen LogP contribution in [0.3, 0.4) is 0 Å². The van der Waals surface area contributed by atoms with Crippen molar-refractivity contribution in [3.05, 3.63) is 62.5 Å². The Balaban J connectivity index is 1.94. The minimum Gasteiger partial charge on any atom is -0.481 e. The Labute approximate surface area is 147 Å². The monoisotopic (exact) mass is 401 g/mol. The van der Waals surface area contributed by atoms with Gasteiger partial charge in [0.05, 0.1) is 15.5 Å². The van der Waals surface area contributed by atoms with Crippen LogP contribution in [-0.4, -0.2) is 12.5 Å². The third-order valence-corrected chi connectivity index (χ3v) is 4.08. The molecule has 1 atom stereocenters. The van der Waals surface area contributed by atoms with E-state index in [4.69, 9.17) is 27.9 Å². The smallest absolute Gasteiger partial charge is 0.258 e. The molecule has 2 rings (SSSR count). The number of nitrogens with one attached hydrogen (secondary N) is 1. The van der Waals surface area contributed by atoms with E-state index in [1.54, 1.807) is 12.1 Å². The highest BCUT2D eigenvalue weighted by atomic mass is 79.9. The topological polar surface area (TPSA) is 38.3 Å². The van der Waals surface area contributed by atoms with Gasteiger partial charge in [0.15, 0.2) is 12.4 Å². The zero-order chi connectivity index (χ0) is 16.1. The number of carbonyl (C=O) groups is 1. The van der Waals surface area contributed by atoms with E-state index < -0.39 is 0 Å². The van der Waals surface area contributed by atoms with E-state index in [0.29, 0.717) is 20.3 Å². The van der Waals surface area contributed by atoms with Gasteiger partial charge in [0, 0.05) is 5.02 Å². The average molecular weight is 403 g/mol. The first-order chi connectivity index (χ1) is 10.5. The summed E-state index contributed by atoms with van der Waals surface area (Å²) >= 11 is 15.2. The van der Waals surface area contributed by atoms with Gasteiger partial charge in [0.2, 0.25) is 0 Å². The highest BCUT2D eigenvalue weighted by Crippen LogP contribution is 2.35.